The Labute approximate surface area is 398 Å². The fourth-order valence-electron chi connectivity index (χ4n) is 12.6. The van der Waals surface area contributed by atoms with Gasteiger partial charge in [-0.2, -0.15) is 0 Å². The lowest BCUT2D eigenvalue weighted by Gasteiger charge is -2.42. The van der Waals surface area contributed by atoms with Gasteiger partial charge in [-0.05, 0) is 115 Å². The monoisotopic (exact) mass is 882 g/mol. The summed E-state index contributed by atoms with van der Waals surface area (Å²) in [5.74, 6) is 0. The first-order chi connectivity index (χ1) is 32.4. The van der Waals surface area contributed by atoms with Gasteiger partial charge in [-0.1, -0.05) is 155 Å². The van der Waals surface area contributed by atoms with E-state index in [0.717, 1.165) is 55.4 Å². The van der Waals surface area contributed by atoms with Crippen molar-refractivity contribution in [2.24, 2.45) is 0 Å². The Morgan fingerprint density at radius 2 is 1.16 bits per heavy atom. The number of anilines is 2. The van der Waals surface area contributed by atoms with Gasteiger partial charge in [-0.25, -0.2) is 0 Å². The Morgan fingerprint density at radius 3 is 1.93 bits per heavy atom. The minimum absolute atomic E-state index is 0.00176. The quantitative estimate of drug-likeness (QED) is 0.154. The molecule has 5 heteroatoms. The maximum Gasteiger partial charge on any atom is 0.333 e. The van der Waals surface area contributed by atoms with Crippen molar-refractivity contribution in [3.05, 3.63) is 161 Å². The molecule has 0 fully saturated rings. The average molecular weight is 883 g/mol. The number of aromatic nitrogens is 1. The number of hydrogen-bond donors (Lipinski definition) is 0. The molecule has 11 aromatic rings. The third kappa shape index (κ3) is 5.12. The summed E-state index contributed by atoms with van der Waals surface area (Å²) in [6, 6.07) is 51.1. The van der Waals surface area contributed by atoms with E-state index in [1.165, 1.54) is 88.3 Å². The molecule has 0 bridgehead atoms. The minimum Gasteiger partial charge on any atom is -0.456 e. The zero-order chi connectivity index (χ0) is 46.7. The van der Waals surface area contributed by atoms with Gasteiger partial charge in [0.15, 0.2) is 0 Å². The van der Waals surface area contributed by atoms with Crippen molar-refractivity contribution < 1.29 is 8.83 Å². The molecule has 8 aromatic carbocycles. The van der Waals surface area contributed by atoms with Crippen LogP contribution in [-0.4, -0.2) is 11.4 Å². The highest BCUT2D eigenvalue weighted by Crippen LogP contribution is 2.55. The minimum atomic E-state index is -0.203. The van der Waals surface area contributed by atoms with Gasteiger partial charge in [0.2, 0.25) is 0 Å². The summed E-state index contributed by atoms with van der Waals surface area (Å²) >= 11 is 0. The van der Waals surface area contributed by atoms with E-state index < -0.39 is 0 Å². The van der Waals surface area contributed by atoms with Crippen LogP contribution in [0.25, 0.3) is 93.6 Å². The summed E-state index contributed by atoms with van der Waals surface area (Å²) in [4.78, 5) is 2.65. The SMILES string of the molecule is CC(C)(C)c1ccc(N2B3c4cc5c(cc4-n4c6ccc(C(C)(C)C)cc6c6c7c(oc8ccccc87)c(c3c64)-c3cc4c(cc32)oc2cc(C(C)(C)C)ccc24)-c2ccccc2C5(C)C)cc1. The maximum absolute atomic E-state index is 7.36. The van der Waals surface area contributed by atoms with Crippen LogP contribution in [0, 0.1) is 0 Å². The van der Waals surface area contributed by atoms with Gasteiger partial charge in [-0.3, -0.25) is 0 Å². The van der Waals surface area contributed by atoms with Crippen molar-refractivity contribution in [1.82, 2.24) is 4.57 Å². The number of rotatable bonds is 1. The molecule has 332 valence electrons. The van der Waals surface area contributed by atoms with Crippen LogP contribution in [0.4, 0.5) is 11.4 Å². The molecule has 3 aromatic heterocycles. The van der Waals surface area contributed by atoms with E-state index in [-0.39, 0.29) is 28.5 Å². The van der Waals surface area contributed by atoms with Crippen molar-refractivity contribution in [3.8, 4) is 27.9 Å². The molecule has 1 aliphatic carbocycles. The van der Waals surface area contributed by atoms with Gasteiger partial charge in [0.1, 0.15) is 22.3 Å². The lowest BCUT2D eigenvalue weighted by molar-refractivity contribution is 0.587. The molecule has 4 nitrogen and oxygen atoms in total. The molecule has 0 spiro atoms. The number of hydrogen-bond acceptors (Lipinski definition) is 3. The summed E-state index contributed by atoms with van der Waals surface area (Å²) < 4.78 is 17.0. The number of para-hydroxylation sites is 1. The Hall–Kier alpha value is -6.98. The molecule has 68 heavy (non-hydrogen) atoms. The van der Waals surface area contributed by atoms with Crippen molar-refractivity contribution in [2.45, 2.75) is 97.8 Å². The first kappa shape index (κ1) is 40.1. The third-order valence-corrected chi connectivity index (χ3v) is 16.2. The van der Waals surface area contributed by atoms with E-state index in [2.05, 4.69) is 219 Å². The van der Waals surface area contributed by atoms with Gasteiger partial charge in [-0.15, -0.1) is 0 Å². The molecule has 0 unspecified atom stereocenters. The highest BCUT2D eigenvalue weighted by Gasteiger charge is 2.48. The molecule has 0 radical (unpaired) electrons. The zero-order valence-electron chi connectivity index (χ0n) is 41.0. The van der Waals surface area contributed by atoms with E-state index in [0.29, 0.717) is 0 Å². The largest absolute Gasteiger partial charge is 0.456 e. The van der Waals surface area contributed by atoms with Crippen LogP contribution in [0.1, 0.15) is 104 Å². The van der Waals surface area contributed by atoms with Crippen molar-refractivity contribution >= 4 is 94.8 Å². The van der Waals surface area contributed by atoms with E-state index >= 15 is 0 Å². The first-order valence-electron chi connectivity index (χ1n) is 24.5. The lowest BCUT2D eigenvalue weighted by atomic mass is 9.43. The molecule has 3 aliphatic rings. The molecule has 5 heterocycles. The van der Waals surface area contributed by atoms with Crippen LogP contribution >= 0.6 is 0 Å². The fraction of sp³-hybridized carbons (Fsp3) is 0.238. The normalized spacial score (nSPS) is 15.0. The Morgan fingerprint density at radius 1 is 0.485 bits per heavy atom. The maximum atomic E-state index is 7.36. The van der Waals surface area contributed by atoms with E-state index in [1.54, 1.807) is 0 Å². The Balaban J connectivity index is 1.21. The van der Waals surface area contributed by atoms with Crippen LogP contribution < -0.4 is 15.7 Å². The number of nitrogens with zero attached hydrogens (tertiary/aromatic N) is 2. The van der Waals surface area contributed by atoms with Gasteiger partial charge >= 0.3 is 6.85 Å². The standard InChI is InChI=1S/C63H55BN2O2/c1-60(2,3)34-20-24-37(25-21-34)66-49-33-53-42(39-26-22-36(62(7,8)9)29-52(39)67-53)30-44(49)56-57-58-54(55-40-17-13-15-19-51(40)68-59(55)56)43-28-35(61(4,5)6)23-27-48(43)65(58)50-31-41-38-16-12-14-18-45(38)63(10,11)46(41)32-47(50)64(57)66/h12-33H,1-11H3. The highest BCUT2D eigenvalue weighted by molar-refractivity contribution is 6.94. The molecule has 0 saturated heterocycles. The molecule has 0 N–H and O–H groups in total. The van der Waals surface area contributed by atoms with Crippen molar-refractivity contribution in [2.75, 3.05) is 4.81 Å². The topological polar surface area (TPSA) is 34.5 Å². The second-order valence-corrected chi connectivity index (χ2v) is 23.8. The summed E-state index contributed by atoms with van der Waals surface area (Å²) in [6.07, 6.45) is 0. The molecule has 0 saturated carbocycles. The number of benzene rings is 8. The predicted octanol–water partition coefficient (Wildman–Crippen LogP) is 16.0. The second kappa shape index (κ2) is 12.8. The Bertz CT molecular complexity index is 4060. The first-order valence-corrected chi connectivity index (χ1v) is 24.5. The van der Waals surface area contributed by atoms with Gasteiger partial charge < -0.3 is 18.2 Å². The molecular formula is C63H55BN2O2. The highest BCUT2D eigenvalue weighted by atomic mass is 16.3. The van der Waals surface area contributed by atoms with Gasteiger partial charge in [0, 0.05) is 72.0 Å². The smallest absolute Gasteiger partial charge is 0.333 e. The fourth-order valence-corrected chi connectivity index (χ4v) is 12.6. The van der Waals surface area contributed by atoms with Crippen LogP contribution in [0.2, 0.25) is 0 Å². The summed E-state index contributed by atoms with van der Waals surface area (Å²) in [7, 11) is 0. The van der Waals surface area contributed by atoms with Crippen molar-refractivity contribution in [3.63, 3.8) is 0 Å². The Kier molecular flexibility index (Phi) is 7.53. The van der Waals surface area contributed by atoms with E-state index in [1.807, 2.05) is 0 Å². The van der Waals surface area contributed by atoms with Crippen LogP contribution in [-0.2, 0) is 21.7 Å². The van der Waals surface area contributed by atoms with E-state index in [9.17, 15) is 0 Å². The van der Waals surface area contributed by atoms with Crippen molar-refractivity contribution in [1.29, 1.82) is 0 Å². The second-order valence-electron chi connectivity index (χ2n) is 23.8. The molecule has 2 aliphatic heterocycles. The zero-order valence-corrected chi connectivity index (χ0v) is 41.0. The van der Waals surface area contributed by atoms with Crippen LogP contribution in [0.15, 0.2) is 142 Å². The van der Waals surface area contributed by atoms with Gasteiger partial charge in [0.05, 0.1) is 11.0 Å². The van der Waals surface area contributed by atoms with E-state index in [4.69, 9.17) is 8.83 Å². The number of fused-ring (bicyclic) bond motifs is 19. The number of furan rings is 2. The molecule has 0 atom stereocenters. The molecule has 0 amide bonds. The summed E-state index contributed by atoms with van der Waals surface area (Å²) in [5.41, 5.74) is 23.5. The lowest BCUT2D eigenvalue weighted by Crippen LogP contribution is -2.60. The van der Waals surface area contributed by atoms with Crippen LogP contribution in [0.5, 0.6) is 0 Å². The summed E-state index contributed by atoms with van der Waals surface area (Å²) in [6.45, 7) is 25.3. The average Bonchev–Trinajstić information content (AvgIpc) is 4.02. The predicted molar refractivity (Wildman–Crippen MR) is 288 cm³/mol. The molecule has 14 rings (SSSR count). The third-order valence-electron chi connectivity index (χ3n) is 16.2. The summed E-state index contributed by atoms with van der Waals surface area (Å²) in [5, 5.41) is 7.08. The molecular weight excluding hydrogens is 828 g/mol. The van der Waals surface area contributed by atoms with Gasteiger partial charge in [0.25, 0.3) is 0 Å². The van der Waals surface area contributed by atoms with Crippen LogP contribution in [0.3, 0.4) is 0 Å².